The maximum absolute atomic E-state index is 13.2. The van der Waals surface area contributed by atoms with Crippen LogP contribution in [0.4, 0.5) is 4.39 Å². The summed E-state index contributed by atoms with van der Waals surface area (Å²) in [6, 6.07) is 17.5. The highest BCUT2D eigenvalue weighted by atomic mass is 32.2. The lowest BCUT2D eigenvalue weighted by Gasteiger charge is -2.10. The van der Waals surface area contributed by atoms with Gasteiger partial charge < -0.3 is 9.73 Å². The predicted octanol–water partition coefficient (Wildman–Crippen LogP) is 4.36. The Labute approximate surface area is 171 Å². The second-order valence-corrected chi connectivity index (χ2v) is 7.38. The van der Waals surface area contributed by atoms with E-state index in [0.717, 1.165) is 22.3 Å². The molecule has 1 amide bonds. The first-order chi connectivity index (χ1) is 14.2. The van der Waals surface area contributed by atoms with Crippen LogP contribution in [0.15, 0.2) is 76.4 Å². The van der Waals surface area contributed by atoms with E-state index < -0.39 is 0 Å². The van der Waals surface area contributed by atoms with Gasteiger partial charge in [-0.05, 0) is 42.0 Å². The molecule has 0 aliphatic rings. The smallest absolute Gasteiger partial charge is 0.230 e. The van der Waals surface area contributed by atoms with E-state index in [1.165, 1.54) is 23.9 Å². The average molecular weight is 407 g/mol. The van der Waals surface area contributed by atoms with Crippen molar-refractivity contribution in [2.75, 3.05) is 5.75 Å². The first-order valence-electron chi connectivity index (χ1n) is 9.09. The molecule has 0 atom stereocenters. The molecule has 2 aromatic carbocycles. The van der Waals surface area contributed by atoms with Gasteiger partial charge in [0.15, 0.2) is 0 Å². The van der Waals surface area contributed by atoms with E-state index >= 15 is 0 Å². The maximum Gasteiger partial charge on any atom is 0.230 e. The van der Waals surface area contributed by atoms with Gasteiger partial charge >= 0.3 is 0 Å². The lowest BCUT2D eigenvalue weighted by Crippen LogP contribution is -2.24. The second-order valence-electron chi connectivity index (χ2n) is 6.41. The molecule has 0 bridgehead atoms. The zero-order valence-electron chi connectivity index (χ0n) is 15.5. The molecule has 7 heteroatoms. The summed E-state index contributed by atoms with van der Waals surface area (Å²) in [5.74, 6) is 0.519. The number of carbonyl (C=O) groups excluding carboxylic acids is 1. The third-order valence-electron chi connectivity index (χ3n) is 4.27. The van der Waals surface area contributed by atoms with Crippen LogP contribution in [0, 0.1) is 5.82 Å². The number of carbonyl (C=O) groups is 1. The number of hydrogen-bond acceptors (Lipinski definition) is 5. The van der Waals surface area contributed by atoms with Gasteiger partial charge in [-0.3, -0.25) is 4.79 Å². The molecule has 0 radical (unpaired) electrons. The van der Waals surface area contributed by atoms with Crippen molar-refractivity contribution < 1.29 is 13.6 Å². The molecule has 4 rings (SSSR count). The van der Waals surface area contributed by atoms with Crippen LogP contribution in [-0.4, -0.2) is 21.6 Å². The standard InChI is InChI=1S/C22H18FN3O2S/c23-16-9-7-15(8-10-16)12-20-22(26-19-6-2-1-5-18(19)25-20)29-14-21(27)24-13-17-4-3-11-28-17/h1-11H,12-14H2,(H,24,27). The number of rotatable bonds is 7. The van der Waals surface area contributed by atoms with Crippen molar-refractivity contribution in [1.29, 1.82) is 0 Å². The zero-order valence-corrected chi connectivity index (χ0v) is 16.3. The number of nitrogens with one attached hydrogen (secondary N) is 1. The fourth-order valence-corrected chi connectivity index (χ4v) is 3.65. The molecule has 0 unspecified atom stereocenters. The molecule has 0 aliphatic heterocycles. The van der Waals surface area contributed by atoms with Crippen LogP contribution in [0.1, 0.15) is 17.0 Å². The van der Waals surface area contributed by atoms with Crippen LogP contribution in [0.25, 0.3) is 11.0 Å². The Bertz CT molecular complexity index is 1110. The minimum atomic E-state index is -0.277. The Hall–Kier alpha value is -3.19. The second kappa shape index (κ2) is 8.87. The van der Waals surface area contributed by atoms with Crippen molar-refractivity contribution in [2.45, 2.75) is 18.0 Å². The number of amides is 1. The molecule has 1 N–H and O–H groups in total. The van der Waals surface area contributed by atoms with Gasteiger partial charge in [-0.1, -0.05) is 36.0 Å². The molecule has 146 valence electrons. The minimum absolute atomic E-state index is 0.117. The fourth-order valence-electron chi connectivity index (χ4n) is 2.83. The Morgan fingerprint density at radius 1 is 1.00 bits per heavy atom. The van der Waals surface area contributed by atoms with Crippen molar-refractivity contribution in [3.05, 3.63) is 89.8 Å². The number of thioether (sulfide) groups is 1. The third-order valence-corrected chi connectivity index (χ3v) is 5.28. The SMILES string of the molecule is O=C(CSc1nc2ccccc2nc1Cc1ccc(F)cc1)NCc1ccco1. The quantitative estimate of drug-likeness (QED) is 0.461. The number of furan rings is 1. The summed E-state index contributed by atoms with van der Waals surface area (Å²) in [7, 11) is 0. The number of benzene rings is 2. The Morgan fingerprint density at radius 3 is 2.48 bits per heavy atom. The van der Waals surface area contributed by atoms with E-state index in [1.807, 2.05) is 30.3 Å². The first kappa shape index (κ1) is 19.1. The van der Waals surface area contributed by atoms with Crippen molar-refractivity contribution in [1.82, 2.24) is 15.3 Å². The van der Waals surface area contributed by atoms with Crippen LogP contribution in [0.2, 0.25) is 0 Å². The molecular formula is C22H18FN3O2S. The third kappa shape index (κ3) is 5.00. The number of fused-ring (bicyclic) bond motifs is 1. The Kier molecular flexibility index (Phi) is 5.86. The topological polar surface area (TPSA) is 68.0 Å². The van der Waals surface area contributed by atoms with Gasteiger partial charge in [0.2, 0.25) is 5.91 Å². The lowest BCUT2D eigenvalue weighted by atomic mass is 10.1. The normalized spacial score (nSPS) is 10.9. The highest BCUT2D eigenvalue weighted by Gasteiger charge is 2.13. The molecule has 2 heterocycles. The summed E-state index contributed by atoms with van der Waals surface area (Å²) in [6.45, 7) is 0.345. The fraction of sp³-hybridized carbons (Fsp3) is 0.136. The van der Waals surface area contributed by atoms with Gasteiger partial charge in [0.25, 0.3) is 0 Å². The van der Waals surface area contributed by atoms with Gasteiger partial charge in [0.05, 0.1) is 35.3 Å². The summed E-state index contributed by atoms with van der Waals surface area (Å²) < 4.78 is 18.4. The summed E-state index contributed by atoms with van der Waals surface area (Å²) in [5.41, 5.74) is 3.25. The summed E-state index contributed by atoms with van der Waals surface area (Å²) in [6.07, 6.45) is 2.08. The summed E-state index contributed by atoms with van der Waals surface area (Å²) >= 11 is 1.34. The van der Waals surface area contributed by atoms with Gasteiger partial charge in [-0.25, -0.2) is 14.4 Å². The van der Waals surface area contributed by atoms with Crippen molar-refractivity contribution in [2.24, 2.45) is 0 Å². The minimum Gasteiger partial charge on any atom is -0.467 e. The van der Waals surface area contributed by atoms with Crippen molar-refractivity contribution in [3.8, 4) is 0 Å². The maximum atomic E-state index is 13.2. The van der Waals surface area contributed by atoms with Gasteiger partial charge in [-0.2, -0.15) is 0 Å². The summed E-state index contributed by atoms with van der Waals surface area (Å²) in [4.78, 5) is 21.7. The van der Waals surface area contributed by atoms with Crippen LogP contribution in [-0.2, 0) is 17.8 Å². The van der Waals surface area contributed by atoms with E-state index in [0.29, 0.717) is 23.8 Å². The van der Waals surface area contributed by atoms with E-state index in [1.54, 1.807) is 24.5 Å². The largest absolute Gasteiger partial charge is 0.467 e. The highest BCUT2D eigenvalue weighted by molar-refractivity contribution is 7.99. The van der Waals surface area contributed by atoms with E-state index in [9.17, 15) is 9.18 Å². The van der Waals surface area contributed by atoms with Crippen LogP contribution in [0.3, 0.4) is 0 Å². The average Bonchev–Trinajstić information content (AvgIpc) is 3.26. The molecule has 0 saturated carbocycles. The van der Waals surface area contributed by atoms with Gasteiger partial charge in [-0.15, -0.1) is 0 Å². The number of para-hydroxylation sites is 2. The molecule has 0 aliphatic carbocycles. The van der Waals surface area contributed by atoms with Crippen molar-refractivity contribution >= 4 is 28.7 Å². The zero-order chi connectivity index (χ0) is 20.1. The number of hydrogen-bond donors (Lipinski definition) is 1. The molecule has 29 heavy (non-hydrogen) atoms. The Balaban J connectivity index is 1.51. The van der Waals surface area contributed by atoms with Crippen LogP contribution >= 0.6 is 11.8 Å². The molecule has 4 aromatic rings. The molecule has 0 fully saturated rings. The highest BCUT2D eigenvalue weighted by Crippen LogP contribution is 2.24. The van der Waals surface area contributed by atoms with Crippen molar-refractivity contribution in [3.63, 3.8) is 0 Å². The molecule has 5 nitrogen and oxygen atoms in total. The molecule has 0 saturated heterocycles. The van der Waals surface area contributed by atoms with Crippen LogP contribution in [0.5, 0.6) is 0 Å². The van der Waals surface area contributed by atoms with Gasteiger partial charge in [0, 0.05) is 6.42 Å². The predicted molar refractivity (Wildman–Crippen MR) is 110 cm³/mol. The molecule has 2 aromatic heterocycles. The van der Waals surface area contributed by atoms with E-state index in [2.05, 4.69) is 5.32 Å². The summed E-state index contributed by atoms with van der Waals surface area (Å²) in [5, 5.41) is 3.52. The van der Waals surface area contributed by atoms with Gasteiger partial charge in [0.1, 0.15) is 16.6 Å². The van der Waals surface area contributed by atoms with Crippen LogP contribution < -0.4 is 5.32 Å². The number of nitrogens with zero attached hydrogens (tertiary/aromatic N) is 2. The van der Waals surface area contributed by atoms with E-state index in [4.69, 9.17) is 14.4 Å². The Morgan fingerprint density at radius 2 is 1.76 bits per heavy atom. The molecule has 0 spiro atoms. The first-order valence-corrected chi connectivity index (χ1v) is 10.1. The monoisotopic (exact) mass is 407 g/mol. The number of aromatic nitrogens is 2. The van der Waals surface area contributed by atoms with E-state index in [-0.39, 0.29) is 17.5 Å². The number of halogens is 1. The molecular weight excluding hydrogens is 389 g/mol. The lowest BCUT2D eigenvalue weighted by molar-refractivity contribution is -0.118.